The Hall–Kier alpha value is -2.73. The number of hydrogen-bond acceptors (Lipinski definition) is 4. The standard InChI is InChI=1S/C21H23N3O3/c25-18-14-27-20(19(23-18)17-7-4-10-22-13-17)21(26)24-11-8-16(9-12-24)15-5-2-1-3-6-15/h1-7,10,13,16,19-20H,8-9,11-12,14H2,(H,23,25)/t19-,20+/m1/s1. The number of ether oxygens (including phenoxy) is 1. The number of amides is 2. The van der Waals surface area contributed by atoms with E-state index >= 15 is 0 Å². The van der Waals surface area contributed by atoms with Crippen molar-refractivity contribution in [3.63, 3.8) is 0 Å². The van der Waals surface area contributed by atoms with Crippen molar-refractivity contribution in [2.75, 3.05) is 19.7 Å². The number of nitrogens with zero attached hydrogens (tertiary/aromatic N) is 2. The maximum Gasteiger partial charge on any atom is 0.254 e. The number of nitrogens with one attached hydrogen (secondary N) is 1. The van der Waals surface area contributed by atoms with Crippen molar-refractivity contribution in [1.82, 2.24) is 15.2 Å². The Labute approximate surface area is 158 Å². The number of morpholine rings is 1. The average molecular weight is 365 g/mol. The van der Waals surface area contributed by atoms with Crippen LogP contribution in [-0.4, -0.2) is 47.5 Å². The fourth-order valence-electron chi connectivity index (χ4n) is 3.92. The Morgan fingerprint density at radius 1 is 1.07 bits per heavy atom. The molecule has 2 aliphatic heterocycles. The van der Waals surface area contributed by atoms with Gasteiger partial charge in [0.05, 0.1) is 6.04 Å². The summed E-state index contributed by atoms with van der Waals surface area (Å²) in [5.41, 5.74) is 2.11. The molecular formula is C21H23N3O3. The van der Waals surface area contributed by atoms with E-state index in [0.717, 1.165) is 18.4 Å². The van der Waals surface area contributed by atoms with Crippen LogP contribution >= 0.6 is 0 Å². The molecule has 1 aromatic heterocycles. The number of carbonyl (C=O) groups is 2. The molecule has 1 aromatic carbocycles. The highest BCUT2D eigenvalue weighted by atomic mass is 16.5. The van der Waals surface area contributed by atoms with Gasteiger partial charge in [0.1, 0.15) is 6.61 Å². The number of benzene rings is 1. The Kier molecular flexibility index (Phi) is 5.16. The molecule has 27 heavy (non-hydrogen) atoms. The molecule has 2 fully saturated rings. The zero-order valence-corrected chi connectivity index (χ0v) is 15.1. The van der Waals surface area contributed by atoms with Gasteiger partial charge < -0.3 is 15.0 Å². The van der Waals surface area contributed by atoms with E-state index in [-0.39, 0.29) is 18.4 Å². The van der Waals surface area contributed by atoms with Gasteiger partial charge in [0, 0.05) is 25.5 Å². The number of pyridine rings is 1. The lowest BCUT2D eigenvalue weighted by atomic mass is 9.89. The van der Waals surface area contributed by atoms with Gasteiger partial charge in [-0.05, 0) is 36.0 Å². The number of aromatic nitrogens is 1. The first-order chi connectivity index (χ1) is 13.2. The van der Waals surface area contributed by atoms with Crippen molar-refractivity contribution in [1.29, 1.82) is 0 Å². The summed E-state index contributed by atoms with van der Waals surface area (Å²) in [6.07, 6.45) is 4.50. The van der Waals surface area contributed by atoms with Gasteiger partial charge in [-0.15, -0.1) is 0 Å². The molecule has 1 N–H and O–H groups in total. The lowest BCUT2D eigenvalue weighted by Gasteiger charge is -2.38. The molecule has 6 heteroatoms. The van der Waals surface area contributed by atoms with Crippen LogP contribution < -0.4 is 5.32 Å². The largest absolute Gasteiger partial charge is 0.356 e. The minimum atomic E-state index is -0.708. The van der Waals surface area contributed by atoms with Crippen LogP contribution in [0.25, 0.3) is 0 Å². The third kappa shape index (κ3) is 3.85. The Balaban J connectivity index is 1.44. The SMILES string of the molecule is O=C1CO[C@H](C(=O)N2CCC(c3ccccc3)CC2)[C@@H](c2cccnc2)N1. The van der Waals surface area contributed by atoms with Gasteiger partial charge in [-0.1, -0.05) is 36.4 Å². The summed E-state index contributed by atoms with van der Waals surface area (Å²) in [5, 5.41) is 2.89. The van der Waals surface area contributed by atoms with Crippen molar-refractivity contribution >= 4 is 11.8 Å². The monoisotopic (exact) mass is 365 g/mol. The van der Waals surface area contributed by atoms with E-state index in [2.05, 4.69) is 34.6 Å². The molecule has 0 bridgehead atoms. The van der Waals surface area contributed by atoms with Crippen LogP contribution in [0, 0.1) is 0 Å². The Bertz CT molecular complexity index is 789. The molecule has 2 atom stereocenters. The number of carbonyl (C=O) groups excluding carboxylic acids is 2. The summed E-state index contributed by atoms with van der Waals surface area (Å²) >= 11 is 0. The second kappa shape index (κ2) is 7.88. The molecule has 2 aromatic rings. The molecule has 2 saturated heterocycles. The van der Waals surface area contributed by atoms with E-state index in [4.69, 9.17) is 4.74 Å². The van der Waals surface area contributed by atoms with Crippen LogP contribution in [0.1, 0.15) is 35.9 Å². The second-order valence-corrected chi connectivity index (χ2v) is 7.07. The third-order valence-electron chi connectivity index (χ3n) is 5.38. The summed E-state index contributed by atoms with van der Waals surface area (Å²) in [6.45, 7) is 1.31. The topological polar surface area (TPSA) is 71.5 Å². The molecule has 0 unspecified atom stereocenters. The van der Waals surface area contributed by atoms with Crippen LogP contribution in [0.4, 0.5) is 0 Å². The van der Waals surface area contributed by atoms with Crippen molar-refractivity contribution in [2.24, 2.45) is 0 Å². The highest BCUT2D eigenvalue weighted by Crippen LogP contribution is 2.30. The van der Waals surface area contributed by atoms with Crippen LogP contribution in [0.15, 0.2) is 54.9 Å². The highest BCUT2D eigenvalue weighted by Gasteiger charge is 2.39. The zero-order chi connectivity index (χ0) is 18.6. The molecule has 0 aliphatic carbocycles. The molecule has 4 rings (SSSR count). The van der Waals surface area contributed by atoms with E-state index in [1.807, 2.05) is 17.0 Å². The summed E-state index contributed by atoms with van der Waals surface area (Å²) in [6, 6.07) is 13.6. The number of piperidine rings is 1. The van der Waals surface area contributed by atoms with Gasteiger partial charge in [0.15, 0.2) is 6.10 Å². The summed E-state index contributed by atoms with van der Waals surface area (Å²) in [5.74, 6) is 0.211. The van der Waals surface area contributed by atoms with Crippen molar-refractivity contribution in [2.45, 2.75) is 30.9 Å². The number of rotatable bonds is 3. The Morgan fingerprint density at radius 2 is 1.81 bits per heavy atom. The minimum Gasteiger partial charge on any atom is -0.356 e. The summed E-state index contributed by atoms with van der Waals surface area (Å²) in [7, 11) is 0. The van der Waals surface area contributed by atoms with Crippen LogP contribution in [0.3, 0.4) is 0 Å². The zero-order valence-electron chi connectivity index (χ0n) is 15.1. The lowest BCUT2D eigenvalue weighted by Crippen LogP contribution is -2.54. The van der Waals surface area contributed by atoms with Gasteiger partial charge in [0.25, 0.3) is 5.91 Å². The molecular weight excluding hydrogens is 342 g/mol. The summed E-state index contributed by atoms with van der Waals surface area (Å²) in [4.78, 5) is 30.9. The molecule has 6 nitrogen and oxygen atoms in total. The van der Waals surface area contributed by atoms with E-state index < -0.39 is 12.1 Å². The molecule has 0 spiro atoms. The normalized spacial score (nSPS) is 23.7. The predicted octanol–water partition coefficient (Wildman–Crippen LogP) is 2.04. The molecule has 0 radical (unpaired) electrons. The first kappa shape index (κ1) is 17.7. The Morgan fingerprint density at radius 3 is 2.52 bits per heavy atom. The van der Waals surface area contributed by atoms with E-state index in [0.29, 0.717) is 19.0 Å². The predicted molar refractivity (Wildman–Crippen MR) is 99.9 cm³/mol. The van der Waals surface area contributed by atoms with Gasteiger partial charge >= 0.3 is 0 Å². The maximum atomic E-state index is 13.1. The van der Waals surface area contributed by atoms with E-state index in [1.165, 1.54) is 5.56 Å². The molecule has 2 amide bonds. The molecule has 3 heterocycles. The van der Waals surface area contributed by atoms with Gasteiger partial charge in [-0.25, -0.2) is 0 Å². The van der Waals surface area contributed by atoms with Crippen LogP contribution in [-0.2, 0) is 14.3 Å². The van der Waals surface area contributed by atoms with Crippen molar-refractivity contribution in [3.05, 3.63) is 66.0 Å². The quantitative estimate of drug-likeness (QED) is 0.904. The lowest BCUT2D eigenvalue weighted by molar-refractivity contribution is -0.156. The first-order valence-electron chi connectivity index (χ1n) is 9.37. The highest BCUT2D eigenvalue weighted by molar-refractivity contribution is 5.86. The van der Waals surface area contributed by atoms with E-state index in [1.54, 1.807) is 18.5 Å². The van der Waals surface area contributed by atoms with Gasteiger partial charge in [0.2, 0.25) is 5.91 Å². The average Bonchev–Trinajstić information content (AvgIpc) is 2.74. The van der Waals surface area contributed by atoms with Crippen LogP contribution in [0.5, 0.6) is 0 Å². The van der Waals surface area contributed by atoms with E-state index in [9.17, 15) is 9.59 Å². The number of hydrogen-bond donors (Lipinski definition) is 1. The fourth-order valence-corrected chi connectivity index (χ4v) is 3.92. The molecule has 0 saturated carbocycles. The minimum absolute atomic E-state index is 0.0598. The van der Waals surface area contributed by atoms with Gasteiger partial charge in [-0.3, -0.25) is 14.6 Å². The smallest absolute Gasteiger partial charge is 0.254 e. The molecule has 140 valence electrons. The third-order valence-corrected chi connectivity index (χ3v) is 5.38. The number of likely N-dealkylation sites (tertiary alicyclic amines) is 1. The molecule has 2 aliphatic rings. The van der Waals surface area contributed by atoms with Crippen molar-refractivity contribution < 1.29 is 14.3 Å². The second-order valence-electron chi connectivity index (χ2n) is 7.07. The first-order valence-corrected chi connectivity index (χ1v) is 9.37. The maximum absolute atomic E-state index is 13.1. The van der Waals surface area contributed by atoms with Gasteiger partial charge in [-0.2, -0.15) is 0 Å². The van der Waals surface area contributed by atoms with Crippen LogP contribution in [0.2, 0.25) is 0 Å². The summed E-state index contributed by atoms with van der Waals surface area (Å²) < 4.78 is 5.65. The van der Waals surface area contributed by atoms with Crippen molar-refractivity contribution in [3.8, 4) is 0 Å². The fraction of sp³-hybridized carbons (Fsp3) is 0.381.